The van der Waals surface area contributed by atoms with Crippen molar-refractivity contribution in [3.05, 3.63) is 23.8 Å². The highest BCUT2D eigenvalue weighted by molar-refractivity contribution is 7.22. The molecule has 2 amide bonds. The van der Waals surface area contributed by atoms with Crippen LogP contribution in [0.5, 0.6) is 0 Å². The topological polar surface area (TPSA) is 62.3 Å². The minimum absolute atomic E-state index is 0.0837. The first-order valence-electron chi connectivity index (χ1n) is 8.57. The molecule has 4 rings (SSSR count). The van der Waals surface area contributed by atoms with Crippen LogP contribution < -0.4 is 5.32 Å². The average Bonchev–Trinajstić information content (AvgIpc) is 3.25. The smallest absolute Gasteiger partial charge is 0.231 e. The van der Waals surface area contributed by atoms with Crippen LogP contribution in [0.4, 0.5) is 5.13 Å². The van der Waals surface area contributed by atoms with E-state index < -0.39 is 0 Å². The fourth-order valence-electron chi connectivity index (χ4n) is 3.77. The van der Waals surface area contributed by atoms with Gasteiger partial charge in [0, 0.05) is 19.0 Å². The monoisotopic (exact) mass is 343 g/mol. The molecule has 0 radical (unpaired) electrons. The molecule has 1 aliphatic heterocycles. The minimum Gasteiger partial charge on any atom is -0.339 e. The van der Waals surface area contributed by atoms with Gasteiger partial charge in [-0.05, 0) is 37.5 Å². The standard InChI is InChI=1S/C18H21N3O2S/c1-11-6-7-14-15(8-11)24-18(19-14)20-17(23)12-9-16(22)21(10-12)13-4-2-3-5-13/h6-8,12-13H,2-5,9-10H2,1H3,(H,19,20,23)/t12-/m1/s1. The van der Waals surface area contributed by atoms with Crippen LogP contribution in [0.1, 0.15) is 37.7 Å². The fraction of sp³-hybridized carbons (Fsp3) is 0.500. The van der Waals surface area contributed by atoms with Crippen molar-refractivity contribution in [1.29, 1.82) is 0 Å². The number of nitrogens with zero attached hydrogens (tertiary/aromatic N) is 2. The summed E-state index contributed by atoms with van der Waals surface area (Å²) in [6.45, 7) is 2.60. The van der Waals surface area contributed by atoms with Crippen molar-refractivity contribution < 1.29 is 9.59 Å². The number of hydrogen-bond donors (Lipinski definition) is 1. The summed E-state index contributed by atoms with van der Waals surface area (Å²) in [6, 6.07) is 6.41. The Morgan fingerprint density at radius 1 is 1.33 bits per heavy atom. The van der Waals surface area contributed by atoms with E-state index in [4.69, 9.17) is 0 Å². The van der Waals surface area contributed by atoms with Crippen molar-refractivity contribution >= 4 is 38.5 Å². The molecule has 2 aromatic rings. The summed E-state index contributed by atoms with van der Waals surface area (Å²) in [7, 11) is 0. The SMILES string of the molecule is Cc1ccc2nc(NC(=O)[C@@H]3CC(=O)N(C4CCCC4)C3)sc2c1. The van der Waals surface area contributed by atoms with Crippen molar-refractivity contribution in [3.8, 4) is 0 Å². The third-order valence-electron chi connectivity index (χ3n) is 5.07. The van der Waals surface area contributed by atoms with Gasteiger partial charge in [-0.15, -0.1) is 0 Å². The van der Waals surface area contributed by atoms with Crippen molar-refractivity contribution in [2.75, 3.05) is 11.9 Å². The maximum Gasteiger partial charge on any atom is 0.231 e. The molecule has 2 aliphatic rings. The Morgan fingerprint density at radius 2 is 2.12 bits per heavy atom. The average molecular weight is 343 g/mol. The number of likely N-dealkylation sites (tertiary alicyclic amines) is 1. The number of anilines is 1. The van der Waals surface area contributed by atoms with E-state index in [1.807, 2.05) is 24.0 Å². The number of thiazole rings is 1. The zero-order valence-electron chi connectivity index (χ0n) is 13.7. The summed E-state index contributed by atoms with van der Waals surface area (Å²) >= 11 is 1.48. The van der Waals surface area contributed by atoms with E-state index in [9.17, 15) is 9.59 Å². The van der Waals surface area contributed by atoms with Crippen molar-refractivity contribution in [1.82, 2.24) is 9.88 Å². The molecular weight excluding hydrogens is 322 g/mol. The van der Waals surface area contributed by atoms with Crippen LogP contribution in [0.3, 0.4) is 0 Å². The lowest BCUT2D eigenvalue weighted by molar-refractivity contribution is -0.129. The van der Waals surface area contributed by atoms with Gasteiger partial charge < -0.3 is 10.2 Å². The molecule has 1 saturated carbocycles. The maximum absolute atomic E-state index is 12.5. The van der Waals surface area contributed by atoms with Crippen LogP contribution >= 0.6 is 11.3 Å². The van der Waals surface area contributed by atoms with Crippen LogP contribution in [0, 0.1) is 12.8 Å². The summed E-state index contributed by atoms with van der Waals surface area (Å²) < 4.78 is 1.07. The molecule has 126 valence electrons. The largest absolute Gasteiger partial charge is 0.339 e. The van der Waals surface area contributed by atoms with E-state index >= 15 is 0 Å². The summed E-state index contributed by atoms with van der Waals surface area (Å²) in [5.74, 6) is -0.214. The molecule has 1 saturated heterocycles. The molecule has 1 aliphatic carbocycles. The highest BCUT2D eigenvalue weighted by atomic mass is 32.1. The van der Waals surface area contributed by atoms with Gasteiger partial charge >= 0.3 is 0 Å². The Labute approximate surface area is 145 Å². The summed E-state index contributed by atoms with van der Waals surface area (Å²) in [5, 5.41) is 3.53. The van der Waals surface area contributed by atoms with Crippen molar-refractivity contribution in [2.45, 2.75) is 45.1 Å². The number of nitrogens with one attached hydrogen (secondary N) is 1. The van der Waals surface area contributed by atoms with Crippen molar-refractivity contribution in [2.24, 2.45) is 5.92 Å². The number of rotatable bonds is 3. The summed E-state index contributed by atoms with van der Waals surface area (Å²) in [5.41, 5.74) is 2.08. The van der Waals surface area contributed by atoms with Gasteiger partial charge in [0.05, 0.1) is 16.1 Å². The van der Waals surface area contributed by atoms with E-state index in [2.05, 4.69) is 16.4 Å². The van der Waals surface area contributed by atoms with Crippen LogP contribution in [-0.4, -0.2) is 34.3 Å². The van der Waals surface area contributed by atoms with E-state index in [0.717, 1.165) is 23.1 Å². The maximum atomic E-state index is 12.5. The van der Waals surface area contributed by atoms with Crippen LogP contribution in [0.25, 0.3) is 10.2 Å². The molecule has 0 unspecified atom stereocenters. The molecule has 5 nitrogen and oxygen atoms in total. The number of aromatic nitrogens is 1. The van der Waals surface area contributed by atoms with Gasteiger partial charge in [0.1, 0.15) is 0 Å². The molecule has 1 N–H and O–H groups in total. The highest BCUT2D eigenvalue weighted by Gasteiger charge is 2.38. The molecular formula is C18H21N3O2S. The Hall–Kier alpha value is -1.95. The van der Waals surface area contributed by atoms with Gasteiger partial charge in [0.2, 0.25) is 11.8 Å². The van der Waals surface area contributed by atoms with Gasteiger partial charge in [-0.2, -0.15) is 0 Å². The molecule has 0 spiro atoms. The van der Waals surface area contributed by atoms with Gasteiger partial charge in [-0.1, -0.05) is 30.2 Å². The molecule has 24 heavy (non-hydrogen) atoms. The van der Waals surface area contributed by atoms with Crippen molar-refractivity contribution in [3.63, 3.8) is 0 Å². The second-order valence-corrected chi connectivity index (χ2v) is 7.90. The summed E-state index contributed by atoms with van der Waals surface area (Å²) in [6.07, 6.45) is 4.87. The Balaban J connectivity index is 1.44. The zero-order valence-corrected chi connectivity index (χ0v) is 14.6. The Bertz CT molecular complexity index is 795. The third kappa shape index (κ3) is 2.90. The third-order valence-corrected chi connectivity index (χ3v) is 6.00. The van der Waals surface area contributed by atoms with Gasteiger partial charge in [-0.25, -0.2) is 4.98 Å². The lowest BCUT2D eigenvalue weighted by Crippen LogP contribution is -2.35. The van der Waals surface area contributed by atoms with Crippen LogP contribution in [0.2, 0.25) is 0 Å². The number of amides is 2. The number of fused-ring (bicyclic) bond motifs is 1. The van der Waals surface area contributed by atoms with Gasteiger partial charge in [0.15, 0.2) is 5.13 Å². The number of carbonyl (C=O) groups excluding carboxylic acids is 2. The highest BCUT2D eigenvalue weighted by Crippen LogP contribution is 2.31. The number of carbonyl (C=O) groups is 2. The quantitative estimate of drug-likeness (QED) is 0.930. The normalized spacial score (nSPS) is 21.8. The second kappa shape index (κ2) is 6.16. The lowest BCUT2D eigenvalue weighted by Gasteiger charge is -2.23. The fourth-order valence-corrected chi connectivity index (χ4v) is 4.74. The summed E-state index contributed by atoms with van der Waals surface area (Å²) in [4.78, 5) is 31.2. The molecule has 0 bridgehead atoms. The minimum atomic E-state index is -0.258. The first-order valence-corrected chi connectivity index (χ1v) is 9.39. The number of aryl methyl sites for hydroxylation is 1. The molecule has 1 aromatic heterocycles. The first kappa shape index (κ1) is 15.6. The van der Waals surface area contributed by atoms with Crippen LogP contribution in [-0.2, 0) is 9.59 Å². The van der Waals surface area contributed by atoms with Gasteiger partial charge in [0.25, 0.3) is 0 Å². The van der Waals surface area contributed by atoms with E-state index in [1.165, 1.54) is 29.7 Å². The van der Waals surface area contributed by atoms with Crippen LogP contribution in [0.15, 0.2) is 18.2 Å². The molecule has 1 aromatic carbocycles. The molecule has 1 atom stereocenters. The lowest BCUT2D eigenvalue weighted by atomic mass is 10.1. The molecule has 6 heteroatoms. The second-order valence-electron chi connectivity index (χ2n) is 6.86. The molecule has 2 fully saturated rings. The number of hydrogen-bond acceptors (Lipinski definition) is 4. The Kier molecular flexibility index (Phi) is 4.00. The Morgan fingerprint density at radius 3 is 2.92 bits per heavy atom. The number of benzene rings is 1. The molecule has 2 heterocycles. The van der Waals surface area contributed by atoms with E-state index in [-0.39, 0.29) is 17.7 Å². The first-order chi connectivity index (χ1) is 11.6. The predicted molar refractivity (Wildman–Crippen MR) is 95.1 cm³/mol. The van der Waals surface area contributed by atoms with Gasteiger partial charge in [-0.3, -0.25) is 9.59 Å². The zero-order chi connectivity index (χ0) is 16.7. The predicted octanol–water partition coefficient (Wildman–Crippen LogP) is 3.33. The van der Waals surface area contributed by atoms with E-state index in [1.54, 1.807) is 0 Å². The van der Waals surface area contributed by atoms with E-state index in [0.29, 0.717) is 24.1 Å².